The van der Waals surface area contributed by atoms with Gasteiger partial charge in [-0.2, -0.15) is 0 Å². The molecule has 0 bridgehead atoms. The van der Waals surface area contributed by atoms with E-state index in [1.54, 1.807) is 0 Å². The third-order valence-corrected chi connectivity index (χ3v) is 4.12. The first-order valence-electron chi connectivity index (χ1n) is 4.97. The van der Waals surface area contributed by atoms with Gasteiger partial charge in [-0.05, 0) is 25.7 Å². The standard InChI is InChI=1S/C10H16N2S/c1-7-10(8-4-2-3-5-8)13-9(6-11)12-7/h8H,2-6,11H2,1H3. The number of aryl methyl sites for hydroxylation is 1. The van der Waals surface area contributed by atoms with Gasteiger partial charge in [-0.3, -0.25) is 0 Å². The Hall–Kier alpha value is -0.410. The zero-order valence-electron chi connectivity index (χ0n) is 8.05. The second-order valence-corrected chi connectivity index (χ2v) is 4.86. The van der Waals surface area contributed by atoms with Crippen molar-refractivity contribution < 1.29 is 0 Å². The van der Waals surface area contributed by atoms with Gasteiger partial charge in [0.25, 0.3) is 0 Å². The van der Waals surface area contributed by atoms with Crippen LogP contribution in [-0.2, 0) is 6.54 Å². The molecule has 3 heteroatoms. The van der Waals surface area contributed by atoms with Gasteiger partial charge in [0.15, 0.2) is 0 Å². The molecular formula is C10H16N2S. The molecule has 0 spiro atoms. The van der Waals surface area contributed by atoms with Gasteiger partial charge < -0.3 is 5.73 Å². The molecule has 13 heavy (non-hydrogen) atoms. The van der Waals surface area contributed by atoms with Crippen molar-refractivity contribution in [2.24, 2.45) is 5.73 Å². The monoisotopic (exact) mass is 196 g/mol. The average Bonchev–Trinajstić information content (AvgIpc) is 2.72. The number of hydrogen-bond donors (Lipinski definition) is 1. The first kappa shape index (κ1) is 9.16. The molecule has 0 atom stereocenters. The summed E-state index contributed by atoms with van der Waals surface area (Å²) in [5.74, 6) is 0.790. The van der Waals surface area contributed by atoms with Crippen molar-refractivity contribution >= 4 is 11.3 Å². The van der Waals surface area contributed by atoms with Crippen molar-refractivity contribution in [2.75, 3.05) is 0 Å². The highest BCUT2D eigenvalue weighted by atomic mass is 32.1. The molecule has 1 saturated carbocycles. The summed E-state index contributed by atoms with van der Waals surface area (Å²) in [5.41, 5.74) is 6.80. The van der Waals surface area contributed by atoms with Crippen LogP contribution in [0.2, 0.25) is 0 Å². The zero-order valence-corrected chi connectivity index (χ0v) is 8.86. The maximum Gasteiger partial charge on any atom is 0.107 e. The van der Waals surface area contributed by atoms with Crippen molar-refractivity contribution in [3.63, 3.8) is 0 Å². The zero-order chi connectivity index (χ0) is 9.26. The van der Waals surface area contributed by atoms with Crippen LogP contribution >= 0.6 is 11.3 Å². The number of thiazole rings is 1. The quantitative estimate of drug-likeness (QED) is 0.789. The first-order valence-corrected chi connectivity index (χ1v) is 5.79. The Morgan fingerprint density at radius 2 is 2.15 bits per heavy atom. The number of nitrogens with two attached hydrogens (primary N) is 1. The minimum Gasteiger partial charge on any atom is -0.325 e. The lowest BCUT2D eigenvalue weighted by molar-refractivity contribution is 0.730. The predicted octanol–water partition coefficient (Wildman–Crippen LogP) is 2.57. The molecule has 2 nitrogen and oxygen atoms in total. The lowest BCUT2D eigenvalue weighted by atomic mass is 10.1. The van der Waals surface area contributed by atoms with E-state index in [0.29, 0.717) is 6.54 Å². The fourth-order valence-corrected chi connectivity index (χ4v) is 3.24. The van der Waals surface area contributed by atoms with Crippen LogP contribution in [0.1, 0.15) is 47.2 Å². The Balaban J connectivity index is 2.22. The highest BCUT2D eigenvalue weighted by Crippen LogP contribution is 2.38. The topological polar surface area (TPSA) is 38.9 Å². The van der Waals surface area contributed by atoms with E-state index in [1.807, 2.05) is 11.3 Å². The SMILES string of the molecule is Cc1nc(CN)sc1C1CCCC1. The molecule has 0 radical (unpaired) electrons. The highest BCUT2D eigenvalue weighted by Gasteiger charge is 2.21. The van der Waals surface area contributed by atoms with E-state index in [-0.39, 0.29) is 0 Å². The van der Waals surface area contributed by atoms with E-state index in [4.69, 9.17) is 5.73 Å². The Labute approximate surface area is 83.2 Å². The van der Waals surface area contributed by atoms with Crippen molar-refractivity contribution in [1.29, 1.82) is 0 Å². The van der Waals surface area contributed by atoms with Gasteiger partial charge in [-0.1, -0.05) is 12.8 Å². The van der Waals surface area contributed by atoms with E-state index in [2.05, 4.69) is 11.9 Å². The van der Waals surface area contributed by atoms with E-state index in [1.165, 1.54) is 36.3 Å². The smallest absolute Gasteiger partial charge is 0.107 e. The minimum absolute atomic E-state index is 0.595. The van der Waals surface area contributed by atoms with Gasteiger partial charge in [0.05, 0.1) is 5.69 Å². The summed E-state index contributed by atoms with van der Waals surface area (Å²) in [7, 11) is 0. The molecule has 0 saturated heterocycles. The third-order valence-electron chi connectivity index (χ3n) is 2.78. The number of hydrogen-bond acceptors (Lipinski definition) is 3. The molecule has 1 aromatic rings. The minimum atomic E-state index is 0.595. The Morgan fingerprint density at radius 1 is 1.46 bits per heavy atom. The van der Waals surface area contributed by atoms with E-state index >= 15 is 0 Å². The molecule has 2 N–H and O–H groups in total. The van der Waals surface area contributed by atoms with Gasteiger partial charge in [0, 0.05) is 11.4 Å². The van der Waals surface area contributed by atoms with E-state index in [0.717, 1.165) is 10.9 Å². The molecule has 0 amide bonds. The Bertz CT molecular complexity index is 287. The molecule has 1 aliphatic carbocycles. The van der Waals surface area contributed by atoms with Crippen LogP contribution in [0.3, 0.4) is 0 Å². The molecule has 1 aliphatic rings. The van der Waals surface area contributed by atoms with Crippen LogP contribution in [0.15, 0.2) is 0 Å². The maximum atomic E-state index is 5.58. The molecule has 0 aromatic carbocycles. The van der Waals surface area contributed by atoms with E-state index in [9.17, 15) is 0 Å². The summed E-state index contributed by atoms with van der Waals surface area (Å²) in [5, 5.41) is 1.10. The average molecular weight is 196 g/mol. The number of nitrogens with zero attached hydrogens (tertiary/aromatic N) is 1. The van der Waals surface area contributed by atoms with E-state index < -0.39 is 0 Å². The van der Waals surface area contributed by atoms with Crippen LogP contribution in [0, 0.1) is 6.92 Å². The van der Waals surface area contributed by atoms with Gasteiger partial charge >= 0.3 is 0 Å². The normalized spacial score (nSPS) is 18.3. The largest absolute Gasteiger partial charge is 0.325 e. The lowest BCUT2D eigenvalue weighted by Crippen LogP contribution is -1.94. The van der Waals surface area contributed by atoms with Crippen molar-refractivity contribution in [2.45, 2.75) is 45.1 Å². The summed E-state index contributed by atoms with van der Waals surface area (Å²) in [6.45, 7) is 2.71. The second-order valence-electron chi connectivity index (χ2n) is 3.74. The lowest BCUT2D eigenvalue weighted by Gasteiger charge is -2.05. The van der Waals surface area contributed by atoms with Crippen LogP contribution in [-0.4, -0.2) is 4.98 Å². The third kappa shape index (κ3) is 1.76. The molecule has 1 aromatic heterocycles. The molecule has 1 heterocycles. The Kier molecular flexibility index (Phi) is 2.65. The second kappa shape index (κ2) is 3.76. The van der Waals surface area contributed by atoms with Crippen LogP contribution in [0.4, 0.5) is 0 Å². The molecule has 0 unspecified atom stereocenters. The van der Waals surface area contributed by atoms with Crippen LogP contribution < -0.4 is 5.73 Å². The van der Waals surface area contributed by atoms with Crippen molar-refractivity contribution in [3.8, 4) is 0 Å². The highest BCUT2D eigenvalue weighted by molar-refractivity contribution is 7.11. The van der Waals surface area contributed by atoms with Gasteiger partial charge in [0.2, 0.25) is 0 Å². The summed E-state index contributed by atoms with van der Waals surface area (Å²) in [6.07, 6.45) is 5.49. The fraction of sp³-hybridized carbons (Fsp3) is 0.700. The van der Waals surface area contributed by atoms with Gasteiger partial charge in [0.1, 0.15) is 5.01 Å². The molecule has 72 valence electrons. The molecule has 2 rings (SSSR count). The van der Waals surface area contributed by atoms with Gasteiger partial charge in [-0.15, -0.1) is 11.3 Å². The van der Waals surface area contributed by atoms with Crippen LogP contribution in [0.25, 0.3) is 0 Å². The fourth-order valence-electron chi connectivity index (χ4n) is 2.12. The number of aromatic nitrogens is 1. The van der Waals surface area contributed by atoms with Crippen LogP contribution in [0.5, 0.6) is 0 Å². The summed E-state index contributed by atoms with van der Waals surface area (Å²) in [6, 6.07) is 0. The maximum absolute atomic E-state index is 5.58. The summed E-state index contributed by atoms with van der Waals surface area (Å²) < 4.78 is 0. The Morgan fingerprint density at radius 3 is 2.69 bits per heavy atom. The number of rotatable bonds is 2. The summed E-state index contributed by atoms with van der Waals surface area (Å²) >= 11 is 1.82. The first-order chi connectivity index (χ1) is 6.31. The van der Waals surface area contributed by atoms with Crippen molar-refractivity contribution in [1.82, 2.24) is 4.98 Å². The predicted molar refractivity (Wildman–Crippen MR) is 56.0 cm³/mol. The molecule has 1 fully saturated rings. The van der Waals surface area contributed by atoms with Gasteiger partial charge in [-0.25, -0.2) is 4.98 Å². The van der Waals surface area contributed by atoms with Crippen molar-refractivity contribution in [3.05, 3.63) is 15.6 Å². The molecule has 0 aliphatic heterocycles. The molecular weight excluding hydrogens is 180 g/mol. The summed E-state index contributed by atoms with van der Waals surface area (Å²) in [4.78, 5) is 5.97.